The van der Waals surface area contributed by atoms with Gasteiger partial charge in [-0.1, -0.05) is 48.0 Å². The lowest BCUT2D eigenvalue weighted by Crippen LogP contribution is -2.48. The van der Waals surface area contributed by atoms with Gasteiger partial charge in [0, 0.05) is 41.8 Å². The van der Waals surface area contributed by atoms with Gasteiger partial charge < -0.3 is 10.2 Å². The number of anilines is 2. The van der Waals surface area contributed by atoms with E-state index >= 15 is 0 Å². The van der Waals surface area contributed by atoms with E-state index in [4.69, 9.17) is 0 Å². The van der Waals surface area contributed by atoms with Crippen molar-refractivity contribution < 1.29 is 4.79 Å². The molecule has 2 heterocycles. The highest BCUT2D eigenvalue weighted by Gasteiger charge is 2.24. The van der Waals surface area contributed by atoms with Crippen LogP contribution in [0, 0.1) is 0 Å². The molecule has 1 amide bonds. The van der Waals surface area contributed by atoms with Crippen molar-refractivity contribution in [3.63, 3.8) is 0 Å². The Hall–Kier alpha value is -1.51. The highest BCUT2D eigenvalue weighted by Crippen LogP contribution is 2.30. The molecule has 0 atom stereocenters. The molecule has 1 aromatic heterocycles. The molecule has 6 nitrogen and oxygen atoms in total. The highest BCUT2D eigenvalue weighted by molar-refractivity contribution is 9.10. The van der Waals surface area contributed by atoms with Crippen molar-refractivity contribution >= 4 is 44.0 Å². The van der Waals surface area contributed by atoms with Crippen LogP contribution in [-0.4, -0.2) is 53.7 Å². The van der Waals surface area contributed by atoms with E-state index in [0.29, 0.717) is 6.54 Å². The summed E-state index contributed by atoms with van der Waals surface area (Å²) in [5.74, 6) is 0.0201. The van der Waals surface area contributed by atoms with Gasteiger partial charge in [-0.25, -0.2) is 0 Å². The zero-order chi connectivity index (χ0) is 18.7. The van der Waals surface area contributed by atoms with Gasteiger partial charge in [-0.05, 0) is 24.3 Å². The van der Waals surface area contributed by atoms with Crippen molar-refractivity contribution in [3.05, 3.63) is 33.7 Å². The van der Waals surface area contributed by atoms with Crippen molar-refractivity contribution in [2.24, 2.45) is 0 Å². The van der Waals surface area contributed by atoms with E-state index in [0.717, 1.165) is 46.5 Å². The average molecular weight is 438 g/mol. The van der Waals surface area contributed by atoms with Gasteiger partial charge in [-0.2, -0.15) is 0 Å². The van der Waals surface area contributed by atoms with Crippen LogP contribution in [0.15, 0.2) is 28.7 Å². The minimum atomic E-state index is 0.0201. The van der Waals surface area contributed by atoms with Gasteiger partial charge in [0.05, 0.1) is 6.54 Å². The molecule has 0 spiro atoms. The lowest BCUT2D eigenvalue weighted by atomic mass is 9.98. The molecule has 0 aliphatic carbocycles. The summed E-state index contributed by atoms with van der Waals surface area (Å²) < 4.78 is 0.998. The average Bonchev–Trinajstić information content (AvgIpc) is 3.08. The molecule has 0 unspecified atom stereocenters. The first kappa shape index (κ1) is 19.3. The fourth-order valence-corrected chi connectivity index (χ4v) is 3.90. The first-order valence-corrected chi connectivity index (χ1v) is 10.3. The van der Waals surface area contributed by atoms with Crippen molar-refractivity contribution in [3.8, 4) is 0 Å². The number of carbonyl (C=O) groups excluding carboxylic acids is 1. The smallest absolute Gasteiger partial charge is 0.238 e. The Bertz CT molecular complexity index is 748. The first-order chi connectivity index (χ1) is 12.3. The predicted molar refractivity (Wildman–Crippen MR) is 110 cm³/mol. The standard InChI is InChI=1S/C18H24BrN5OS/c1-18(2,3)16-21-22-17(26-16)24-10-8-23(9-11-24)12-15(25)20-14-6-4-13(19)5-7-14/h4-7H,8-12H2,1-3H3,(H,20,25). The number of halogens is 1. The van der Waals surface area contributed by atoms with E-state index in [1.54, 1.807) is 11.3 Å². The summed E-state index contributed by atoms with van der Waals surface area (Å²) in [5, 5.41) is 13.7. The monoisotopic (exact) mass is 437 g/mol. The minimum Gasteiger partial charge on any atom is -0.344 e. The van der Waals surface area contributed by atoms with Crippen LogP contribution in [0.3, 0.4) is 0 Å². The van der Waals surface area contributed by atoms with E-state index in [-0.39, 0.29) is 11.3 Å². The molecule has 1 N–H and O–H groups in total. The van der Waals surface area contributed by atoms with Crippen LogP contribution in [0.4, 0.5) is 10.8 Å². The molecule has 3 rings (SSSR count). The quantitative estimate of drug-likeness (QED) is 0.794. The van der Waals surface area contributed by atoms with Crippen molar-refractivity contribution in [1.82, 2.24) is 15.1 Å². The Morgan fingerprint density at radius 3 is 2.38 bits per heavy atom. The van der Waals surface area contributed by atoms with Gasteiger partial charge in [-0.15, -0.1) is 10.2 Å². The molecule has 1 aliphatic heterocycles. The Kier molecular flexibility index (Phi) is 5.94. The van der Waals surface area contributed by atoms with Gasteiger partial charge in [0.25, 0.3) is 0 Å². The third-order valence-electron chi connectivity index (χ3n) is 4.19. The molecule has 0 saturated carbocycles. The number of carbonyl (C=O) groups is 1. The SMILES string of the molecule is CC(C)(C)c1nnc(N2CCN(CC(=O)Nc3ccc(Br)cc3)CC2)s1. The predicted octanol–water partition coefficient (Wildman–Crippen LogP) is 3.36. The van der Waals surface area contributed by atoms with Gasteiger partial charge in [-0.3, -0.25) is 9.69 Å². The summed E-state index contributed by atoms with van der Waals surface area (Å²) >= 11 is 5.06. The summed E-state index contributed by atoms with van der Waals surface area (Å²) in [6.45, 7) is 10.3. The normalized spacial score (nSPS) is 15.9. The number of piperazine rings is 1. The van der Waals surface area contributed by atoms with Crippen LogP contribution in [0.2, 0.25) is 0 Å². The fraction of sp³-hybridized carbons (Fsp3) is 0.500. The molecule has 1 aliphatic rings. The summed E-state index contributed by atoms with van der Waals surface area (Å²) in [5.41, 5.74) is 0.850. The summed E-state index contributed by atoms with van der Waals surface area (Å²) in [6, 6.07) is 7.62. The van der Waals surface area contributed by atoms with Gasteiger partial charge >= 0.3 is 0 Å². The maximum Gasteiger partial charge on any atom is 0.238 e. The van der Waals surface area contributed by atoms with E-state index in [1.807, 2.05) is 24.3 Å². The number of hydrogen-bond acceptors (Lipinski definition) is 6. The highest BCUT2D eigenvalue weighted by atomic mass is 79.9. The lowest BCUT2D eigenvalue weighted by Gasteiger charge is -2.33. The van der Waals surface area contributed by atoms with Crippen molar-refractivity contribution in [2.45, 2.75) is 26.2 Å². The van der Waals surface area contributed by atoms with Crippen molar-refractivity contribution in [1.29, 1.82) is 0 Å². The van der Waals surface area contributed by atoms with Crippen LogP contribution in [0.1, 0.15) is 25.8 Å². The van der Waals surface area contributed by atoms with Crippen LogP contribution in [0.5, 0.6) is 0 Å². The van der Waals surface area contributed by atoms with Crippen LogP contribution in [-0.2, 0) is 10.2 Å². The third-order valence-corrected chi connectivity index (χ3v) is 6.13. The molecule has 0 bridgehead atoms. The van der Waals surface area contributed by atoms with Crippen LogP contribution < -0.4 is 10.2 Å². The molecule has 0 radical (unpaired) electrons. The number of amides is 1. The number of nitrogens with one attached hydrogen (secondary N) is 1. The summed E-state index contributed by atoms with van der Waals surface area (Å²) in [7, 11) is 0. The maximum atomic E-state index is 12.2. The zero-order valence-corrected chi connectivity index (χ0v) is 17.7. The fourth-order valence-electron chi connectivity index (χ4n) is 2.68. The molecular formula is C18H24BrN5OS. The zero-order valence-electron chi connectivity index (χ0n) is 15.3. The van der Waals surface area contributed by atoms with Crippen LogP contribution >= 0.6 is 27.3 Å². The van der Waals surface area contributed by atoms with Gasteiger partial charge in [0.15, 0.2) is 0 Å². The molecule has 140 valence electrons. The number of aromatic nitrogens is 2. The van der Waals surface area contributed by atoms with E-state index in [9.17, 15) is 4.79 Å². The number of rotatable bonds is 4. The lowest BCUT2D eigenvalue weighted by molar-refractivity contribution is -0.117. The first-order valence-electron chi connectivity index (χ1n) is 8.68. The number of nitrogens with zero attached hydrogens (tertiary/aromatic N) is 4. The molecule has 2 aromatic rings. The van der Waals surface area contributed by atoms with E-state index < -0.39 is 0 Å². The minimum absolute atomic E-state index is 0.0201. The maximum absolute atomic E-state index is 12.2. The summed E-state index contributed by atoms with van der Waals surface area (Å²) in [6.07, 6.45) is 0. The number of hydrogen-bond donors (Lipinski definition) is 1. The van der Waals surface area contributed by atoms with Crippen molar-refractivity contribution in [2.75, 3.05) is 42.9 Å². The van der Waals surface area contributed by atoms with Gasteiger partial charge in [0.2, 0.25) is 11.0 Å². The Morgan fingerprint density at radius 2 is 1.81 bits per heavy atom. The third kappa shape index (κ3) is 5.02. The molecule has 1 saturated heterocycles. The second-order valence-electron chi connectivity index (χ2n) is 7.46. The molecule has 26 heavy (non-hydrogen) atoms. The molecule has 1 aromatic carbocycles. The number of benzene rings is 1. The Balaban J connectivity index is 1.48. The van der Waals surface area contributed by atoms with Gasteiger partial charge in [0.1, 0.15) is 5.01 Å². The largest absolute Gasteiger partial charge is 0.344 e. The molecule has 1 fully saturated rings. The van der Waals surface area contributed by atoms with E-state index in [2.05, 4.69) is 62.0 Å². The van der Waals surface area contributed by atoms with Crippen LogP contribution in [0.25, 0.3) is 0 Å². The Morgan fingerprint density at radius 1 is 1.15 bits per heavy atom. The van der Waals surface area contributed by atoms with E-state index in [1.165, 1.54) is 0 Å². The second kappa shape index (κ2) is 8.02. The second-order valence-corrected chi connectivity index (χ2v) is 9.33. The summed E-state index contributed by atoms with van der Waals surface area (Å²) in [4.78, 5) is 16.7. The molecular weight excluding hydrogens is 414 g/mol. The Labute approximate surface area is 166 Å². The topological polar surface area (TPSA) is 61.4 Å². The molecule has 8 heteroatoms.